The topological polar surface area (TPSA) is 29.5 Å². The van der Waals surface area contributed by atoms with E-state index in [-0.39, 0.29) is 16.9 Å². The van der Waals surface area contributed by atoms with Crippen LogP contribution in [0.25, 0.3) is 0 Å². The quantitative estimate of drug-likeness (QED) is 0.930. The normalized spacial score (nSPS) is 13.9. The van der Waals surface area contributed by atoms with Crippen LogP contribution in [0.4, 0.5) is 8.78 Å². The lowest BCUT2D eigenvalue weighted by molar-refractivity contribution is 0.0903. The van der Waals surface area contributed by atoms with Gasteiger partial charge in [0.05, 0.1) is 12.7 Å². The number of halogens is 2. The monoisotopic (exact) mass is 278 g/mol. The summed E-state index contributed by atoms with van der Waals surface area (Å²) in [5.41, 5.74) is -1.11. The number of ether oxygens (including phenoxy) is 1. The molecule has 1 atom stereocenters. The summed E-state index contributed by atoms with van der Waals surface area (Å²) in [5.74, 6) is -1.06. The van der Waals surface area contributed by atoms with Crippen LogP contribution in [-0.4, -0.2) is 12.2 Å². The van der Waals surface area contributed by atoms with Crippen LogP contribution in [-0.2, 0) is 5.60 Å². The molecule has 4 heteroatoms. The second kappa shape index (κ2) is 5.21. The van der Waals surface area contributed by atoms with Crippen molar-refractivity contribution in [2.24, 2.45) is 0 Å². The lowest BCUT2D eigenvalue weighted by Gasteiger charge is -2.27. The van der Waals surface area contributed by atoms with Gasteiger partial charge in [-0.15, -0.1) is 0 Å². The molecule has 20 heavy (non-hydrogen) atoms. The third-order valence-electron chi connectivity index (χ3n) is 3.33. The molecule has 0 heterocycles. The lowest BCUT2D eigenvalue weighted by Crippen LogP contribution is -2.26. The summed E-state index contributed by atoms with van der Waals surface area (Å²) in [7, 11) is 1.38. The zero-order valence-corrected chi connectivity index (χ0v) is 11.6. The smallest absolute Gasteiger partial charge is 0.133 e. The third-order valence-corrected chi connectivity index (χ3v) is 3.33. The van der Waals surface area contributed by atoms with Crippen LogP contribution in [0.1, 0.15) is 23.6 Å². The average Bonchev–Trinajstić information content (AvgIpc) is 2.40. The van der Waals surface area contributed by atoms with Gasteiger partial charge in [-0.25, -0.2) is 8.78 Å². The van der Waals surface area contributed by atoms with Crippen LogP contribution in [0.5, 0.6) is 5.75 Å². The molecule has 0 aliphatic carbocycles. The largest absolute Gasteiger partial charge is 0.496 e. The van der Waals surface area contributed by atoms with Gasteiger partial charge in [0.2, 0.25) is 0 Å². The van der Waals surface area contributed by atoms with E-state index in [0.29, 0.717) is 0 Å². The third kappa shape index (κ3) is 2.39. The standard InChI is InChI=1S/C16H16F2O2/c1-10-7-8-12(17)11(9-10)16(2,19)15-13(18)5-4-6-14(15)20-3/h4-9,19H,1-3H3. The lowest BCUT2D eigenvalue weighted by atomic mass is 9.86. The summed E-state index contributed by atoms with van der Waals surface area (Å²) in [6.45, 7) is 3.13. The van der Waals surface area contributed by atoms with Crippen molar-refractivity contribution in [1.82, 2.24) is 0 Å². The highest BCUT2D eigenvalue weighted by atomic mass is 19.1. The highest BCUT2D eigenvalue weighted by Gasteiger charge is 2.34. The van der Waals surface area contributed by atoms with Crippen LogP contribution < -0.4 is 4.74 Å². The molecule has 0 saturated heterocycles. The van der Waals surface area contributed by atoms with Gasteiger partial charge in [0.25, 0.3) is 0 Å². The number of methoxy groups -OCH3 is 1. The maximum absolute atomic E-state index is 14.1. The van der Waals surface area contributed by atoms with E-state index in [1.807, 2.05) is 0 Å². The molecule has 0 aliphatic heterocycles. The first-order chi connectivity index (χ1) is 9.37. The molecular weight excluding hydrogens is 262 g/mol. The number of benzene rings is 2. The number of hydrogen-bond acceptors (Lipinski definition) is 2. The highest BCUT2D eigenvalue weighted by molar-refractivity contribution is 5.46. The number of aliphatic hydroxyl groups is 1. The fourth-order valence-corrected chi connectivity index (χ4v) is 2.29. The molecule has 0 amide bonds. The molecule has 2 aromatic rings. The Balaban J connectivity index is 2.69. The van der Waals surface area contributed by atoms with E-state index in [1.54, 1.807) is 13.0 Å². The van der Waals surface area contributed by atoms with Crippen molar-refractivity contribution < 1.29 is 18.6 Å². The molecule has 2 nitrogen and oxygen atoms in total. The summed E-state index contributed by atoms with van der Waals surface area (Å²) in [4.78, 5) is 0. The van der Waals surface area contributed by atoms with Gasteiger partial charge in [0, 0.05) is 5.56 Å². The van der Waals surface area contributed by atoms with Gasteiger partial charge in [0.1, 0.15) is 23.0 Å². The Hall–Kier alpha value is -1.94. The summed E-state index contributed by atoms with van der Waals surface area (Å²) in [6.07, 6.45) is 0. The van der Waals surface area contributed by atoms with Crippen molar-refractivity contribution in [3.05, 3.63) is 64.7 Å². The van der Waals surface area contributed by atoms with Crippen molar-refractivity contribution in [2.75, 3.05) is 7.11 Å². The minimum Gasteiger partial charge on any atom is -0.496 e. The summed E-state index contributed by atoms with van der Waals surface area (Å²) in [5, 5.41) is 10.7. The average molecular weight is 278 g/mol. The molecule has 0 aromatic heterocycles. The van der Waals surface area contributed by atoms with Gasteiger partial charge in [-0.05, 0) is 38.1 Å². The predicted octanol–water partition coefficient (Wildman–Crippen LogP) is 3.54. The van der Waals surface area contributed by atoms with Crippen molar-refractivity contribution in [3.63, 3.8) is 0 Å². The summed E-state index contributed by atoms with van der Waals surface area (Å²) in [6, 6.07) is 8.56. The Labute approximate surface area is 116 Å². The summed E-state index contributed by atoms with van der Waals surface area (Å²) < 4.78 is 33.2. The van der Waals surface area contributed by atoms with Crippen molar-refractivity contribution in [2.45, 2.75) is 19.4 Å². The predicted molar refractivity (Wildman–Crippen MR) is 72.8 cm³/mol. The van der Waals surface area contributed by atoms with Gasteiger partial charge in [-0.1, -0.05) is 17.7 Å². The van der Waals surface area contributed by atoms with E-state index < -0.39 is 17.2 Å². The zero-order chi connectivity index (χ0) is 14.9. The van der Waals surface area contributed by atoms with E-state index in [0.717, 1.165) is 5.56 Å². The summed E-state index contributed by atoms with van der Waals surface area (Å²) >= 11 is 0. The molecule has 2 aromatic carbocycles. The Morgan fingerprint density at radius 2 is 1.80 bits per heavy atom. The molecule has 1 N–H and O–H groups in total. The van der Waals surface area contributed by atoms with Gasteiger partial charge < -0.3 is 9.84 Å². The van der Waals surface area contributed by atoms with E-state index in [4.69, 9.17) is 4.74 Å². The molecule has 0 radical (unpaired) electrons. The molecule has 106 valence electrons. The maximum Gasteiger partial charge on any atom is 0.133 e. The Bertz CT molecular complexity index is 636. The molecule has 2 rings (SSSR count). The van der Waals surface area contributed by atoms with Crippen LogP contribution in [0.15, 0.2) is 36.4 Å². The van der Waals surface area contributed by atoms with Gasteiger partial charge >= 0.3 is 0 Å². The molecule has 0 spiro atoms. The fraction of sp³-hybridized carbons (Fsp3) is 0.250. The second-order valence-electron chi connectivity index (χ2n) is 4.87. The number of rotatable bonds is 3. The van der Waals surface area contributed by atoms with Crippen LogP contribution in [0.2, 0.25) is 0 Å². The Kier molecular flexibility index (Phi) is 3.77. The minimum absolute atomic E-state index is 0.0147. The first kappa shape index (κ1) is 14.5. The van der Waals surface area contributed by atoms with E-state index in [2.05, 4.69) is 0 Å². The molecule has 0 saturated carbocycles. The molecule has 0 bridgehead atoms. The van der Waals surface area contributed by atoms with E-state index >= 15 is 0 Å². The van der Waals surface area contributed by atoms with Crippen LogP contribution >= 0.6 is 0 Å². The van der Waals surface area contributed by atoms with E-state index in [9.17, 15) is 13.9 Å². The zero-order valence-electron chi connectivity index (χ0n) is 11.6. The van der Waals surface area contributed by atoms with Crippen LogP contribution in [0.3, 0.4) is 0 Å². The first-order valence-corrected chi connectivity index (χ1v) is 6.20. The van der Waals surface area contributed by atoms with Crippen molar-refractivity contribution in [1.29, 1.82) is 0 Å². The minimum atomic E-state index is -1.83. The van der Waals surface area contributed by atoms with Crippen LogP contribution in [0, 0.1) is 18.6 Å². The van der Waals surface area contributed by atoms with E-state index in [1.165, 1.54) is 44.4 Å². The molecule has 1 unspecified atom stereocenters. The fourth-order valence-electron chi connectivity index (χ4n) is 2.29. The van der Waals surface area contributed by atoms with Crippen molar-refractivity contribution >= 4 is 0 Å². The number of hydrogen-bond donors (Lipinski definition) is 1. The molecular formula is C16H16F2O2. The highest BCUT2D eigenvalue weighted by Crippen LogP contribution is 2.38. The van der Waals surface area contributed by atoms with Gasteiger partial charge in [-0.3, -0.25) is 0 Å². The van der Waals surface area contributed by atoms with Crippen molar-refractivity contribution in [3.8, 4) is 5.75 Å². The Morgan fingerprint density at radius 1 is 1.10 bits per heavy atom. The molecule has 0 fully saturated rings. The van der Waals surface area contributed by atoms with Gasteiger partial charge in [0.15, 0.2) is 0 Å². The second-order valence-corrected chi connectivity index (χ2v) is 4.87. The van der Waals surface area contributed by atoms with Gasteiger partial charge in [-0.2, -0.15) is 0 Å². The maximum atomic E-state index is 14.1. The molecule has 0 aliphatic rings. The Morgan fingerprint density at radius 3 is 2.45 bits per heavy atom. The SMILES string of the molecule is COc1cccc(F)c1C(C)(O)c1cc(C)ccc1F. The first-order valence-electron chi connectivity index (χ1n) is 6.20. The number of aryl methyl sites for hydroxylation is 1.